The van der Waals surface area contributed by atoms with Gasteiger partial charge in [-0.2, -0.15) is 0 Å². The SMILES string of the molecule is O=S(=O)([O-])C(F)CCOCC1COc2cscc2O1.O=S(=O)([O-])C(F)CCOCC1COc2cscc2O1.[Na+].[Na+]. The van der Waals surface area contributed by atoms with E-state index in [1.54, 1.807) is 10.8 Å². The van der Waals surface area contributed by atoms with Gasteiger partial charge in [0.05, 0.1) is 26.4 Å². The second kappa shape index (κ2) is 18.1. The maximum absolute atomic E-state index is 12.8. The summed E-state index contributed by atoms with van der Waals surface area (Å²) in [6.07, 6.45) is -1.63. The number of rotatable bonds is 12. The molecule has 2 aliphatic rings. The molecule has 4 unspecified atom stereocenters. The Kier molecular flexibility index (Phi) is 17.3. The molecule has 0 radical (unpaired) electrons. The number of halogens is 2. The first-order valence-electron chi connectivity index (χ1n) is 11.0. The van der Waals surface area contributed by atoms with Gasteiger partial charge in [0, 0.05) is 34.4 Å². The Bertz CT molecular complexity index is 1130. The molecule has 0 aliphatic carbocycles. The van der Waals surface area contributed by atoms with Gasteiger partial charge in [0.25, 0.3) is 0 Å². The first-order valence-corrected chi connectivity index (χ1v) is 15.8. The van der Waals surface area contributed by atoms with Gasteiger partial charge in [0.2, 0.25) is 0 Å². The minimum Gasteiger partial charge on any atom is -0.746 e. The normalized spacial score (nSPS) is 19.2. The van der Waals surface area contributed by atoms with Crippen molar-refractivity contribution in [3.8, 4) is 23.0 Å². The van der Waals surface area contributed by atoms with Crippen molar-refractivity contribution in [3.05, 3.63) is 21.5 Å². The summed E-state index contributed by atoms with van der Waals surface area (Å²) >= 11 is 2.90. The third-order valence-corrected chi connectivity index (χ3v) is 7.96. The van der Waals surface area contributed by atoms with Crippen LogP contribution in [-0.2, 0) is 29.7 Å². The zero-order valence-corrected chi connectivity index (χ0v) is 28.8. The zero-order valence-electron chi connectivity index (χ0n) is 21.6. The van der Waals surface area contributed by atoms with E-state index in [1.807, 2.05) is 10.8 Å². The van der Waals surface area contributed by atoms with Gasteiger partial charge < -0.3 is 37.5 Å². The van der Waals surface area contributed by atoms with Crippen LogP contribution in [0, 0.1) is 0 Å². The fourth-order valence-electron chi connectivity index (χ4n) is 2.96. The van der Waals surface area contributed by atoms with Gasteiger partial charge >= 0.3 is 59.1 Å². The van der Waals surface area contributed by atoms with Crippen LogP contribution in [0.1, 0.15) is 12.8 Å². The molecule has 4 rings (SSSR count). The Labute approximate surface area is 282 Å². The molecule has 2 aromatic heterocycles. The minimum absolute atomic E-state index is 0. The molecule has 12 nitrogen and oxygen atoms in total. The average Bonchev–Trinajstić information content (AvgIpc) is 3.52. The number of alkyl halides is 2. The van der Waals surface area contributed by atoms with Gasteiger partial charge in [-0.15, -0.1) is 22.7 Å². The topological polar surface area (TPSA) is 170 Å². The Morgan fingerprint density at radius 3 is 1.45 bits per heavy atom. The number of hydrogen-bond acceptors (Lipinski definition) is 14. The van der Waals surface area contributed by atoms with Crippen molar-refractivity contribution in [1.82, 2.24) is 0 Å². The van der Waals surface area contributed by atoms with Gasteiger partial charge in [0.15, 0.2) is 46.2 Å². The second-order valence-electron chi connectivity index (χ2n) is 7.84. The molecule has 0 aromatic carbocycles. The predicted octanol–water partition coefficient (Wildman–Crippen LogP) is -3.72. The minimum atomic E-state index is -4.89. The Balaban J connectivity index is 0.000000381. The summed E-state index contributed by atoms with van der Waals surface area (Å²) in [5.74, 6) is 2.63. The fraction of sp³-hybridized carbons (Fsp3) is 0.600. The number of ether oxygens (including phenoxy) is 6. The van der Waals surface area contributed by atoms with Gasteiger partial charge in [0.1, 0.15) is 33.5 Å². The van der Waals surface area contributed by atoms with Crippen molar-refractivity contribution < 1.29 is 122 Å². The van der Waals surface area contributed by atoms with Crippen LogP contribution in [0.3, 0.4) is 0 Å². The van der Waals surface area contributed by atoms with Crippen molar-refractivity contribution in [1.29, 1.82) is 0 Å². The molecule has 40 heavy (non-hydrogen) atoms. The van der Waals surface area contributed by atoms with Gasteiger partial charge in [-0.05, 0) is 0 Å². The molecular formula is C20H24F2Na2O12S4. The molecule has 4 heterocycles. The second-order valence-corrected chi connectivity index (χ2v) is 12.3. The smallest absolute Gasteiger partial charge is 0.746 e. The average molecular weight is 669 g/mol. The van der Waals surface area contributed by atoms with Crippen LogP contribution in [0.2, 0.25) is 0 Å². The monoisotopic (exact) mass is 668 g/mol. The first kappa shape index (κ1) is 38.2. The molecular weight excluding hydrogens is 644 g/mol. The maximum atomic E-state index is 12.8. The van der Waals surface area contributed by atoms with E-state index in [-0.39, 0.29) is 97.8 Å². The summed E-state index contributed by atoms with van der Waals surface area (Å²) in [5.41, 5.74) is -4.86. The fourth-order valence-corrected chi connectivity index (χ4v) is 5.07. The van der Waals surface area contributed by atoms with Crippen LogP contribution in [0.15, 0.2) is 21.5 Å². The van der Waals surface area contributed by atoms with Gasteiger partial charge in [-0.1, -0.05) is 0 Å². The van der Waals surface area contributed by atoms with Crippen molar-refractivity contribution in [2.45, 2.75) is 36.1 Å². The number of hydrogen-bond donors (Lipinski definition) is 0. The van der Waals surface area contributed by atoms with E-state index in [2.05, 4.69) is 0 Å². The van der Waals surface area contributed by atoms with Gasteiger partial charge in [-0.3, -0.25) is 0 Å². The van der Waals surface area contributed by atoms with Crippen LogP contribution in [0.25, 0.3) is 0 Å². The van der Waals surface area contributed by atoms with Crippen LogP contribution >= 0.6 is 22.7 Å². The summed E-state index contributed by atoms with van der Waals surface area (Å²) in [5, 5.41) is 7.23. The van der Waals surface area contributed by atoms with E-state index in [0.29, 0.717) is 36.2 Å². The summed E-state index contributed by atoms with van der Waals surface area (Å²) in [4.78, 5) is 0. The van der Waals surface area contributed by atoms with Crippen molar-refractivity contribution in [2.24, 2.45) is 0 Å². The molecule has 0 bridgehead atoms. The number of thiophene rings is 2. The van der Waals surface area contributed by atoms with Crippen molar-refractivity contribution in [3.63, 3.8) is 0 Å². The molecule has 0 spiro atoms. The third-order valence-electron chi connectivity index (χ3n) is 4.83. The standard InChI is InChI=1S/2C10H13FO6S2.2Na/c2*11-10(19(12,13)14)1-2-15-3-7-4-16-8-5-18-6-9(8)17-7;;/h2*5-7,10H,1-4H2,(H,12,13,14);;/q;;2*+1/p-2. The summed E-state index contributed by atoms with van der Waals surface area (Å²) in [6, 6.07) is 0. The van der Waals surface area contributed by atoms with Gasteiger partial charge in [-0.25, -0.2) is 25.6 Å². The largest absolute Gasteiger partial charge is 1.00 e. The summed E-state index contributed by atoms with van der Waals surface area (Å²) < 4.78 is 119. The van der Waals surface area contributed by atoms with Crippen LogP contribution in [-0.4, -0.2) is 88.8 Å². The first-order chi connectivity index (χ1) is 17.9. The summed E-state index contributed by atoms with van der Waals surface area (Å²) in [7, 11) is -9.78. The van der Waals surface area contributed by atoms with Crippen LogP contribution < -0.4 is 78.1 Å². The Morgan fingerprint density at radius 2 is 1.10 bits per heavy atom. The number of fused-ring (bicyclic) bond motifs is 2. The maximum Gasteiger partial charge on any atom is 1.00 e. The molecule has 20 heteroatoms. The van der Waals surface area contributed by atoms with E-state index in [0.717, 1.165) is 0 Å². The Hall–Kier alpha value is 0.200. The molecule has 0 amide bonds. The molecule has 0 saturated carbocycles. The van der Waals surface area contributed by atoms with E-state index >= 15 is 0 Å². The van der Waals surface area contributed by atoms with E-state index < -0.39 is 44.1 Å². The quantitative estimate of drug-likeness (QED) is 0.123. The molecule has 2 aromatic rings. The van der Waals surface area contributed by atoms with Crippen molar-refractivity contribution >= 4 is 42.9 Å². The van der Waals surface area contributed by atoms with Crippen LogP contribution in [0.5, 0.6) is 23.0 Å². The third kappa shape index (κ3) is 12.8. The van der Waals surface area contributed by atoms with Crippen molar-refractivity contribution in [2.75, 3.05) is 39.6 Å². The molecule has 0 fully saturated rings. The molecule has 216 valence electrons. The molecule has 2 aliphatic heterocycles. The van der Waals surface area contributed by atoms with E-state index in [4.69, 9.17) is 28.4 Å². The van der Waals surface area contributed by atoms with E-state index in [9.17, 15) is 34.7 Å². The molecule has 4 atom stereocenters. The molecule has 0 saturated heterocycles. The molecule has 0 N–H and O–H groups in total. The zero-order chi connectivity index (χ0) is 27.8. The van der Waals surface area contributed by atoms with Crippen LogP contribution in [0.4, 0.5) is 8.78 Å². The summed E-state index contributed by atoms with van der Waals surface area (Å²) in [6.45, 7) is 0.561. The van der Waals surface area contributed by atoms with E-state index in [1.165, 1.54) is 22.7 Å². The predicted molar refractivity (Wildman–Crippen MR) is 129 cm³/mol. The Morgan fingerprint density at radius 1 is 0.750 bits per heavy atom.